The number of rotatable bonds is 5. The van der Waals surface area contributed by atoms with Crippen molar-refractivity contribution in [2.24, 2.45) is 0 Å². The Morgan fingerprint density at radius 3 is 2.47 bits per heavy atom. The number of methoxy groups -OCH3 is 2. The van der Waals surface area contributed by atoms with Gasteiger partial charge in [0.05, 0.1) is 6.54 Å². The van der Waals surface area contributed by atoms with Crippen LogP contribution in [0, 0.1) is 0 Å². The highest BCUT2D eigenvalue weighted by Crippen LogP contribution is 2.24. The van der Waals surface area contributed by atoms with Crippen molar-refractivity contribution in [3.8, 4) is 11.5 Å². The molecule has 1 amide bonds. The molecule has 94 valence electrons. The molecule has 0 aromatic heterocycles. The van der Waals surface area contributed by atoms with Gasteiger partial charge < -0.3 is 25.0 Å². The molecule has 0 fully saturated rings. The molecule has 0 unspecified atom stereocenters. The van der Waals surface area contributed by atoms with Gasteiger partial charge in [-0.1, -0.05) is 0 Å². The molecule has 1 rings (SSSR count). The predicted molar refractivity (Wildman–Crippen MR) is 59.9 cm³/mol. The summed E-state index contributed by atoms with van der Waals surface area (Å²) in [4.78, 5) is 11.6. The van der Waals surface area contributed by atoms with Crippen molar-refractivity contribution < 1.29 is 24.5 Å². The fourth-order valence-electron chi connectivity index (χ4n) is 1.21. The maximum Gasteiger partial charge on any atom is 0.251 e. The second kappa shape index (κ2) is 6.07. The predicted octanol–water partition coefficient (Wildman–Crippen LogP) is 0.446. The molecule has 0 saturated heterocycles. The topological polar surface area (TPSA) is 88.0 Å². The molecule has 0 aliphatic rings. The molecule has 0 aliphatic heterocycles. The monoisotopic (exact) mass is 241 g/mol. The van der Waals surface area contributed by atoms with E-state index < -0.39 is 6.29 Å². The van der Waals surface area contributed by atoms with Crippen LogP contribution in [-0.4, -0.2) is 43.2 Å². The number of carbonyl (C=O) groups excluding carboxylic acids is 1. The number of nitrogens with one attached hydrogen (secondary N) is 1. The molecule has 0 spiro atoms. The third kappa shape index (κ3) is 3.61. The largest absolute Gasteiger partial charge is 0.504 e. The molecule has 0 saturated carbocycles. The van der Waals surface area contributed by atoms with Crippen molar-refractivity contribution >= 4 is 5.91 Å². The standard InChI is InChI=1S/C11H15NO5/c1-16-10(17-2)6-12-11(15)7-3-4-8(13)9(14)5-7/h3-5,10,13-14H,6H2,1-2H3,(H,12,15). The van der Waals surface area contributed by atoms with Gasteiger partial charge in [-0.05, 0) is 18.2 Å². The first-order chi connectivity index (χ1) is 8.08. The molecule has 17 heavy (non-hydrogen) atoms. The fraction of sp³-hybridized carbons (Fsp3) is 0.364. The minimum Gasteiger partial charge on any atom is -0.504 e. The Balaban J connectivity index is 2.61. The summed E-state index contributed by atoms with van der Waals surface area (Å²) in [5.41, 5.74) is 0.242. The van der Waals surface area contributed by atoms with Crippen LogP contribution in [0.4, 0.5) is 0 Å². The average molecular weight is 241 g/mol. The van der Waals surface area contributed by atoms with E-state index in [1.165, 1.54) is 32.4 Å². The molecule has 1 aromatic rings. The molecule has 0 aliphatic carbocycles. The van der Waals surface area contributed by atoms with E-state index in [9.17, 15) is 9.90 Å². The third-order valence-electron chi connectivity index (χ3n) is 2.19. The SMILES string of the molecule is COC(CNC(=O)c1ccc(O)c(O)c1)OC. The fourth-order valence-corrected chi connectivity index (χ4v) is 1.21. The maximum atomic E-state index is 11.6. The van der Waals surface area contributed by atoms with Crippen molar-refractivity contribution in [1.82, 2.24) is 5.32 Å². The molecule has 0 heterocycles. The quantitative estimate of drug-likeness (QED) is 0.514. The lowest BCUT2D eigenvalue weighted by Crippen LogP contribution is -2.34. The number of amides is 1. The van der Waals surface area contributed by atoms with Gasteiger partial charge in [-0.3, -0.25) is 4.79 Å². The van der Waals surface area contributed by atoms with E-state index in [0.29, 0.717) is 0 Å². The van der Waals surface area contributed by atoms with Crippen LogP contribution in [0.1, 0.15) is 10.4 Å². The van der Waals surface area contributed by atoms with Gasteiger partial charge in [-0.25, -0.2) is 0 Å². The Labute approximate surface area is 98.8 Å². The minimum atomic E-state index is -0.523. The number of hydrogen-bond acceptors (Lipinski definition) is 5. The Kier molecular flexibility index (Phi) is 4.74. The van der Waals surface area contributed by atoms with Gasteiger partial charge in [0, 0.05) is 19.8 Å². The molecule has 3 N–H and O–H groups in total. The number of aromatic hydroxyl groups is 2. The number of carbonyl (C=O) groups is 1. The van der Waals surface area contributed by atoms with Gasteiger partial charge in [0.2, 0.25) is 0 Å². The summed E-state index contributed by atoms with van der Waals surface area (Å²) in [5.74, 6) is -1.000. The van der Waals surface area contributed by atoms with E-state index >= 15 is 0 Å². The summed E-state index contributed by atoms with van der Waals surface area (Å²) in [6.07, 6.45) is -0.523. The highest BCUT2D eigenvalue weighted by atomic mass is 16.7. The average Bonchev–Trinajstić information content (AvgIpc) is 2.33. The Morgan fingerprint density at radius 1 is 1.29 bits per heavy atom. The first-order valence-electron chi connectivity index (χ1n) is 4.94. The van der Waals surface area contributed by atoms with Crippen LogP contribution in [0.15, 0.2) is 18.2 Å². The lowest BCUT2D eigenvalue weighted by Gasteiger charge is -2.14. The minimum absolute atomic E-state index is 0.188. The van der Waals surface area contributed by atoms with E-state index in [-0.39, 0.29) is 29.5 Å². The van der Waals surface area contributed by atoms with Crippen LogP contribution in [0.2, 0.25) is 0 Å². The van der Waals surface area contributed by atoms with Crippen LogP contribution in [0.5, 0.6) is 11.5 Å². The van der Waals surface area contributed by atoms with Crippen LogP contribution in [0.3, 0.4) is 0 Å². The molecule has 0 radical (unpaired) electrons. The first kappa shape index (κ1) is 13.3. The molecule has 1 aromatic carbocycles. The summed E-state index contributed by atoms with van der Waals surface area (Å²) in [6, 6.07) is 3.83. The van der Waals surface area contributed by atoms with Gasteiger partial charge in [-0.15, -0.1) is 0 Å². The van der Waals surface area contributed by atoms with Crippen LogP contribution >= 0.6 is 0 Å². The second-order valence-corrected chi connectivity index (χ2v) is 3.31. The first-order valence-corrected chi connectivity index (χ1v) is 4.94. The van der Waals surface area contributed by atoms with Crippen LogP contribution < -0.4 is 5.32 Å². The van der Waals surface area contributed by atoms with E-state index in [2.05, 4.69) is 5.32 Å². The Hall–Kier alpha value is -1.79. The highest BCUT2D eigenvalue weighted by molar-refractivity contribution is 5.94. The summed E-state index contributed by atoms with van der Waals surface area (Å²) in [5, 5.41) is 20.9. The van der Waals surface area contributed by atoms with Crippen LogP contribution in [-0.2, 0) is 9.47 Å². The summed E-state index contributed by atoms with van der Waals surface area (Å²) in [6.45, 7) is 0.188. The Morgan fingerprint density at radius 2 is 1.94 bits per heavy atom. The molecule has 0 bridgehead atoms. The molecule has 0 atom stereocenters. The molecular weight excluding hydrogens is 226 g/mol. The molecule has 6 heteroatoms. The lowest BCUT2D eigenvalue weighted by atomic mass is 10.2. The Bertz CT molecular complexity index is 389. The van der Waals surface area contributed by atoms with Crippen molar-refractivity contribution in [3.63, 3.8) is 0 Å². The van der Waals surface area contributed by atoms with Gasteiger partial charge in [0.25, 0.3) is 5.91 Å². The van der Waals surface area contributed by atoms with E-state index in [1.807, 2.05) is 0 Å². The van der Waals surface area contributed by atoms with Crippen LogP contribution in [0.25, 0.3) is 0 Å². The van der Waals surface area contributed by atoms with Crippen molar-refractivity contribution in [1.29, 1.82) is 0 Å². The molecule has 6 nitrogen and oxygen atoms in total. The summed E-state index contributed by atoms with van der Waals surface area (Å²) >= 11 is 0. The zero-order valence-electron chi connectivity index (χ0n) is 9.64. The van der Waals surface area contributed by atoms with E-state index in [0.717, 1.165) is 0 Å². The van der Waals surface area contributed by atoms with Crippen molar-refractivity contribution in [2.45, 2.75) is 6.29 Å². The summed E-state index contributed by atoms with van der Waals surface area (Å²) in [7, 11) is 2.93. The zero-order chi connectivity index (χ0) is 12.8. The number of phenols is 2. The number of phenolic OH excluding ortho intramolecular Hbond substituents is 2. The highest BCUT2D eigenvalue weighted by Gasteiger charge is 2.11. The second-order valence-electron chi connectivity index (χ2n) is 3.31. The van der Waals surface area contributed by atoms with Crippen molar-refractivity contribution in [2.75, 3.05) is 20.8 Å². The summed E-state index contributed by atoms with van der Waals surface area (Å²) < 4.78 is 9.80. The third-order valence-corrected chi connectivity index (χ3v) is 2.19. The van der Waals surface area contributed by atoms with Gasteiger partial charge in [-0.2, -0.15) is 0 Å². The van der Waals surface area contributed by atoms with E-state index in [1.54, 1.807) is 0 Å². The van der Waals surface area contributed by atoms with Gasteiger partial charge in [0.15, 0.2) is 17.8 Å². The lowest BCUT2D eigenvalue weighted by molar-refractivity contribution is -0.0974. The maximum absolute atomic E-state index is 11.6. The van der Waals surface area contributed by atoms with Gasteiger partial charge >= 0.3 is 0 Å². The number of hydrogen-bond donors (Lipinski definition) is 3. The zero-order valence-corrected chi connectivity index (χ0v) is 9.64. The van der Waals surface area contributed by atoms with Crippen molar-refractivity contribution in [3.05, 3.63) is 23.8 Å². The van der Waals surface area contributed by atoms with Gasteiger partial charge in [0.1, 0.15) is 0 Å². The number of ether oxygens (including phenoxy) is 2. The smallest absolute Gasteiger partial charge is 0.251 e. The number of benzene rings is 1. The normalized spacial score (nSPS) is 10.5. The van der Waals surface area contributed by atoms with E-state index in [4.69, 9.17) is 14.6 Å². The molecular formula is C11H15NO5.